The minimum atomic E-state index is 0.732. The molecule has 1 saturated carbocycles. The van der Waals surface area contributed by atoms with E-state index in [-0.39, 0.29) is 0 Å². The van der Waals surface area contributed by atoms with Crippen molar-refractivity contribution < 1.29 is 0 Å². The van der Waals surface area contributed by atoms with Gasteiger partial charge in [0.05, 0.1) is 0 Å². The van der Waals surface area contributed by atoms with Crippen molar-refractivity contribution in [3.63, 3.8) is 0 Å². The number of hydrogen-bond donors (Lipinski definition) is 2. The third-order valence-electron chi connectivity index (χ3n) is 4.06. The molecule has 1 heterocycles. The van der Waals surface area contributed by atoms with E-state index in [2.05, 4.69) is 34.4 Å². The Morgan fingerprint density at radius 3 is 2.75 bits per heavy atom. The van der Waals surface area contributed by atoms with Gasteiger partial charge >= 0.3 is 0 Å². The first kappa shape index (κ1) is 15.1. The number of aryl methyl sites for hydroxylation is 1. The Morgan fingerprint density at radius 1 is 1.20 bits per heavy atom. The number of nitrogens with one attached hydrogen (secondary N) is 2. The highest BCUT2D eigenvalue weighted by molar-refractivity contribution is 5.46. The smallest absolute Gasteiger partial charge is 0.224 e. The number of aromatic nitrogens is 2. The van der Waals surface area contributed by atoms with Gasteiger partial charge in [-0.25, -0.2) is 4.98 Å². The van der Waals surface area contributed by atoms with E-state index in [1.807, 2.05) is 6.20 Å². The van der Waals surface area contributed by atoms with E-state index in [1.54, 1.807) is 0 Å². The summed E-state index contributed by atoms with van der Waals surface area (Å²) in [5.74, 6) is 2.69. The van der Waals surface area contributed by atoms with Crippen LogP contribution in [0.3, 0.4) is 0 Å². The van der Waals surface area contributed by atoms with Crippen LogP contribution in [0.5, 0.6) is 0 Å². The highest BCUT2D eigenvalue weighted by Crippen LogP contribution is 2.28. The second-order valence-corrected chi connectivity index (χ2v) is 5.87. The first-order valence-corrected chi connectivity index (χ1v) is 8.11. The summed E-state index contributed by atoms with van der Waals surface area (Å²) in [5.41, 5.74) is 1.12. The van der Waals surface area contributed by atoms with Crippen molar-refractivity contribution in [3.05, 3.63) is 11.8 Å². The average molecular weight is 276 g/mol. The van der Waals surface area contributed by atoms with Crippen molar-refractivity contribution in [2.24, 2.45) is 5.92 Å². The zero-order chi connectivity index (χ0) is 14.2. The number of rotatable bonds is 8. The summed E-state index contributed by atoms with van der Waals surface area (Å²) in [5, 5.41) is 6.70. The molecule has 1 aliphatic carbocycles. The molecule has 0 atom stereocenters. The van der Waals surface area contributed by atoms with Crippen molar-refractivity contribution in [2.75, 3.05) is 23.7 Å². The van der Waals surface area contributed by atoms with Crippen molar-refractivity contribution in [1.29, 1.82) is 0 Å². The lowest BCUT2D eigenvalue weighted by Crippen LogP contribution is -2.10. The van der Waals surface area contributed by atoms with E-state index in [0.29, 0.717) is 0 Å². The molecule has 0 amide bonds. The van der Waals surface area contributed by atoms with Crippen LogP contribution in [-0.4, -0.2) is 23.1 Å². The maximum absolute atomic E-state index is 4.55. The van der Waals surface area contributed by atoms with Crippen LogP contribution in [0, 0.1) is 12.8 Å². The third-order valence-corrected chi connectivity index (χ3v) is 4.06. The van der Waals surface area contributed by atoms with E-state index in [9.17, 15) is 0 Å². The molecule has 20 heavy (non-hydrogen) atoms. The Morgan fingerprint density at radius 2 is 2.00 bits per heavy atom. The lowest BCUT2D eigenvalue weighted by atomic mass is 10.0. The molecule has 1 aliphatic rings. The second-order valence-electron chi connectivity index (χ2n) is 5.87. The largest absolute Gasteiger partial charge is 0.370 e. The Hall–Kier alpha value is -1.32. The molecule has 4 heteroatoms. The van der Waals surface area contributed by atoms with Gasteiger partial charge in [0, 0.05) is 24.8 Å². The first-order chi connectivity index (χ1) is 9.79. The van der Waals surface area contributed by atoms with Crippen LogP contribution >= 0.6 is 0 Å². The maximum Gasteiger partial charge on any atom is 0.224 e. The van der Waals surface area contributed by atoms with Crippen LogP contribution in [0.1, 0.15) is 57.4 Å². The molecular formula is C16H28N4. The molecule has 2 N–H and O–H groups in total. The lowest BCUT2D eigenvalue weighted by Gasteiger charge is -2.12. The quantitative estimate of drug-likeness (QED) is 0.705. The number of nitrogens with zero attached hydrogens (tertiary/aromatic N) is 2. The van der Waals surface area contributed by atoms with Crippen LogP contribution in [-0.2, 0) is 0 Å². The van der Waals surface area contributed by atoms with Gasteiger partial charge in [0.2, 0.25) is 5.95 Å². The maximum atomic E-state index is 4.55. The third kappa shape index (κ3) is 4.66. The summed E-state index contributed by atoms with van der Waals surface area (Å²) >= 11 is 0. The van der Waals surface area contributed by atoms with Gasteiger partial charge in [0.15, 0.2) is 0 Å². The van der Waals surface area contributed by atoms with Crippen molar-refractivity contribution >= 4 is 11.8 Å². The number of anilines is 2. The topological polar surface area (TPSA) is 49.8 Å². The SMILES string of the molecule is CCCNc1ncc(C)c(NCCCC2CCCC2)n1. The zero-order valence-electron chi connectivity index (χ0n) is 12.9. The molecule has 1 aromatic rings. The molecule has 2 rings (SSSR count). The fraction of sp³-hybridized carbons (Fsp3) is 0.750. The zero-order valence-corrected chi connectivity index (χ0v) is 12.9. The van der Waals surface area contributed by atoms with Crippen molar-refractivity contribution in [2.45, 2.75) is 58.8 Å². The summed E-state index contributed by atoms with van der Waals surface area (Å²) in [4.78, 5) is 8.85. The molecule has 112 valence electrons. The van der Waals surface area contributed by atoms with Gasteiger partial charge in [-0.05, 0) is 32.1 Å². The summed E-state index contributed by atoms with van der Waals surface area (Å²) in [7, 11) is 0. The summed E-state index contributed by atoms with van der Waals surface area (Å²) in [6.45, 7) is 6.14. The van der Waals surface area contributed by atoms with Gasteiger partial charge in [-0.1, -0.05) is 32.6 Å². The number of hydrogen-bond acceptors (Lipinski definition) is 4. The highest BCUT2D eigenvalue weighted by atomic mass is 15.1. The normalized spacial score (nSPS) is 15.5. The van der Waals surface area contributed by atoms with Crippen LogP contribution in [0.2, 0.25) is 0 Å². The van der Waals surface area contributed by atoms with Crippen molar-refractivity contribution in [1.82, 2.24) is 9.97 Å². The predicted octanol–water partition coefficient (Wildman–Crippen LogP) is 3.99. The van der Waals surface area contributed by atoms with E-state index in [4.69, 9.17) is 0 Å². The van der Waals surface area contributed by atoms with Crippen molar-refractivity contribution in [3.8, 4) is 0 Å². The van der Waals surface area contributed by atoms with Crippen LogP contribution in [0.25, 0.3) is 0 Å². The molecule has 1 fully saturated rings. The lowest BCUT2D eigenvalue weighted by molar-refractivity contribution is 0.491. The molecule has 0 radical (unpaired) electrons. The van der Waals surface area contributed by atoms with Gasteiger partial charge in [0.1, 0.15) is 5.82 Å². The molecule has 4 nitrogen and oxygen atoms in total. The Labute approximate surface area is 122 Å². The molecule has 0 unspecified atom stereocenters. The Bertz CT molecular complexity index is 399. The molecule has 0 aromatic carbocycles. The molecular weight excluding hydrogens is 248 g/mol. The molecule has 0 saturated heterocycles. The highest BCUT2D eigenvalue weighted by Gasteiger charge is 2.14. The van der Waals surface area contributed by atoms with E-state index < -0.39 is 0 Å². The van der Waals surface area contributed by atoms with Gasteiger partial charge in [-0.3, -0.25) is 0 Å². The predicted molar refractivity (Wildman–Crippen MR) is 85.2 cm³/mol. The monoisotopic (exact) mass is 276 g/mol. The fourth-order valence-electron chi connectivity index (χ4n) is 2.84. The van der Waals surface area contributed by atoms with Gasteiger partial charge in [0.25, 0.3) is 0 Å². The summed E-state index contributed by atoms with van der Waals surface area (Å²) < 4.78 is 0. The molecule has 1 aromatic heterocycles. The fourth-order valence-corrected chi connectivity index (χ4v) is 2.84. The minimum Gasteiger partial charge on any atom is -0.370 e. The van der Waals surface area contributed by atoms with Crippen LogP contribution < -0.4 is 10.6 Å². The standard InChI is InChI=1S/C16H28N4/c1-3-10-18-16-19-12-13(2)15(20-16)17-11-6-9-14-7-4-5-8-14/h12,14H,3-11H2,1-2H3,(H2,17,18,19,20). The molecule has 0 aliphatic heterocycles. The Kier molecular flexibility index (Phi) is 6.09. The molecule has 0 spiro atoms. The summed E-state index contributed by atoms with van der Waals surface area (Å²) in [6, 6.07) is 0. The van der Waals surface area contributed by atoms with Crippen LogP contribution in [0.4, 0.5) is 11.8 Å². The van der Waals surface area contributed by atoms with E-state index >= 15 is 0 Å². The van der Waals surface area contributed by atoms with Crippen LogP contribution in [0.15, 0.2) is 6.20 Å². The van der Waals surface area contributed by atoms with Gasteiger partial charge in [-0.15, -0.1) is 0 Å². The van der Waals surface area contributed by atoms with E-state index in [0.717, 1.165) is 42.8 Å². The Balaban J connectivity index is 1.75. The first-order valence-electron chi connectivity index (χ1n) is 8.11. The van der Waals surface area contributed by atoms with Gasteiger partial charge < -0.3 is 10.6 Å². The minimum absolute atomic E-state index is 0.732. The van der Waals surface area contributed by atoms with E-state index in [1.165, 1.54) is 38.5 Å². The van der Waals surface area contributed by atoms with Gasteiger partial charge in [-0.2, -0.15) is 4.98 Å². The summed E-state index contributed by atoms with van der Waals surface area (Å²) in [6.07, 6.45) is 11.3. The average Bonchev–Trinajstić information content (AvgIpc) is 2.97. The second kappa shape index (κ2) is 8.08. The molecule has 0 bridgehead atoms.